The molecule has 0 spiro atoms. The molecule has 1 saturated heterocycles. The van der Waals surface area contributed by atoms with Crippen molar-refractivity contribution in [2.24, 2.45) is 0 Å². The molecule has 1 aliphatic heterocycles. The van der Waals surface area contributed by atoms with E-state index in [1.807, 2.05) is 0 Å². The van der Waals surface area contributed by atoms with Crippen LogP contribution in [0.4, 0.5) is 19.0 Å². The average Bonchev–Trinajstić information content (AvgIpc) is 2.70. The largest absolute Gasteiger partial charge is 0.348 e. The predicted molar refractivity (Wildman–Crippen MR) is 90.3 cm³/mol. The fourth-order valence-electron chi connectivity index (χ4n) is 2.42. The maximum Gasteiger partial charge on any atom is 0.277 e. The summed E-state index contributed by atoms with van der Waals surface area (Å²) in [6.45, 7) is -0.595. The van der Waals surface area contributed by atoms with Crippen molar-refractivity contribution >= 4 is 29.8 Å². The van der Waals surface area contributed by atoms with Crippen LogP contribution < -0.4 is 15.8 Å². The first-order valence-electron chi connectivity index (χ1n) is 7.11. The maximum atomic E-state index is 13.8. The Bertz CT molecular complexity index is 817. The number of aromatic amines is 1. The number of halogens is 5. The van der Waals surface area contributed by atoms with E-state index < -0.39 is 30.5 Å². The number of alkyl halides is 2. The van der Waals surface area contributed by atoms with Crippen LogP contribution in [0, 0.1) is 5.95 Å². The molecule has 0 aliphatic carbocycles. The second-order valence-electron chi connectivity index (χ2n) is 5.37. The van der Waals surface area contributed by atoms with Gasteiger partial charge in [-0.05, 0) is 6.07 Å². The highest BCUT2D eigenvalue weighted by molar-refractivity contribution is 6.32. The van der Waals surface area contributed by atoms with Gasteiger partial charge in [-0.1, -0.05) is 11.6 Å². The highest BCUT2D eigenvalue weighted by Crippen LogP contribution is 2.26. The molecule has 1 aliphatic rings. The van der Waals surface area contributed by atoms with Crippen molar-refractivity contribution < 1.29 is 13.2 Å². The van der Waals surface area contributed by atoms with Crippen LogP contribution in [0.25, 0.3) is 11.4 Å². The molecule has 25 heavy (non-hydrogen) atoms. The Morgan fingerprint density at radius 2 is 2.12 bits per heavy atom. The zero-order chi connectivity index (χ0) is 17.3. The molecule has 2 aromatic rings. The van der Waals surface area contributed by atoms with Gasteiger partial charge >= 0.3 is 0 Å². The van der Waals surface area contributed by atoms with Crippen LogP contribution in [-0.2, 0) is 0 Å². The van der Waals surface area contributed by atoms with E-state index >= 15 is 0 Å². The summed E-state index contributed by atoms with van der Waals surface area (Å²) >= 11 is 5.96. The molecular formula is C14H14Cl2F3N5O. The first kappa shape index (κ1) is 19.5. The molecule has 0 saturated carbocycles. The molecule has 1 fully saturated rings. The molecule has 0 aromatic carbocycles. The Kier molecular flexibility index (Phi) is 5.91. The zero-order valence-electron chi connectivity index (χ0n) is 12.7. The molecule has 3 rings (SSSR count). The molecule has 0 bridgehead atoms. The van der Waals surface area contributed by atoms with Crippen LogP contribution in [0.5, 0.6) is 0 Å². The van der Waals surface area contributed by atoms with Crippen molar-refractivity contribution in [1.82, 2.24) is 20.3 Å². The summed E-state index contributed by atoms with van der Waals surface area (Å²) in [5.74, 6) is -3.78. The standard InChI is InChI=1S/C14H13ClF3N5O.ClH/c15-10-12(23-4-3-19-6-14(17,18)7-23)21-11(22-13(10)24)8-1-2-20-9(16)5-8;/h1-2,5,19H,3-4,6-7H2,(H,21,22,24);1H. The van der Waals surface area contributed by atoms with Gasteiger partial charge in [-0.2, -0.15) is 4.39 Å². The number of H-pyrrole nitrogens is 1. The quantitative estimate of drug-likeness (QED) is 0.761. The van der Waals surface area contributed by atoms with E-state index in [0.717, 1.165) is 6.07 Å². The Balaban J connectivity index is 0.00000225. The molecule has 0 unspecified atom stereocenters. The second-order valence-corrected chi connectivity index (χ2v) is 5.75. The summed E-state index contributed by atoms with van der Waals surface area (Å²) in [7, 11) is 0. The third-order valence-corrected chi connectivity index (χ3v) is 3.85. The molecule has 136 valence electrons. The van der Waals surface area contributed by atoms with E-state index in [-0.39, 0.29) is 41.2 Å². The van der Waals surface area contributed by atoms with Gasteiger partial charge in [-0.15, -0.1) is 12.4 Å². The van der Waals surface area contributed by atoms with Crippen molar-refractivity contribution in [3.8, 4) is 11.4 Å². The van der Waals surface area contributed by atoms with Crippen molar-refractivity contribution in [3.05, 3.63) is 39.7 Å². The summed E-state index contributed by atoms with van der Waals surface area (Å²) in [5, 5.41) is 2.33. The van der Waals surface area contributed by atoms with E-state index in [0.29, 0.717) is 6.54 Å². The topological polar surface area (TPSA) is 73.9 Å². The zero-order valence-corrected chi connectivity index (χ0v) is 14.3. The first-order valence-corrected chi connectivity index (χ1v) is 7.49. The van der Waals surface area contributed by atoms with Crippen molar-refractivity contribution in [2.45, 2.75) is 5.92 Å². The van der Waals surface area contributed by atoms with Gasteiger partial charge in [0.05, 0.1) is 13.1 Å². The third-order valence-electron chi connectivity index (χ3n) is 3.51. The molecule has 0 amide bonds. The van der Waals surface area contributed by atoms with E-state index in [1.54, 1.807) is 0 Å². The fourth-order valence-corrected chi connectivity index (χ4v) is 2.63. The van der Waals surface area contributed by atoms with Gasteiger partial charge in [0, 0.05) is 30.9 Å². The van der Waals surface area contributed by atoms with E-state index in [9.17, 15) is 18.0 Å². The van der Waals surface area contributed by atoms with Gasteiger partial charge in [0.2, 0.25) is 5.95 Å². The second kappa shape index (κ2) is 7.59. The van der Waals surface area contributed by atoms with Crippen LogP contribution in [0.3, 0.4) is 0 Å². The predicted octanol–water partition coefficient (Wildman–Crippen LogP) is 2.09. The Labute approximate surface area is 151 Å². The van der Waals surface area contributed by atoms with Crippen LogP contribution in [0.1, 0.15) is 0 Å². The van der Waals surface area contributed by atoms with Crippen LogP contribution in [0.15, 0.2) is 23.1 Å². The summed E-state index contributed by atoms with van der Waals surface area (Å²) in [6, 6.07) is 2.52. The summed E-state index contributed by atoms with van der Waals surface area (Å²) in [4.78, 5) is 23.3. The lowest BCUT2D eigenvalue weighted by molar-refractivity contribution is 0.0156. The lowest BCUT2D eigenvalue weighted by atomic mass is 10.2. The number of pyridine rings is 1. The van der Waals surface area contributed by atoms with Gasteiger partial charge < -0.3 is 15.2 Å². The number of nitrogens with one attached hydrogen (secondary N) is 2. The molecule has 0 atom stereocenters. The van der Waals surface area contributed by atoms with Gasteiger partial charge in [0.25, 0.3) is 11.5 Å². The van der Waals surface area contributed by atoms with Crippen LogP contribution >= 0.6 is 24.0 Å². The molecule has 2 aromatic heterocycles. The van der Waals surface area contributed by atoms with E-state index in [2.05, 4.69) is 20.3 Å². The number of nitrogens with zero attached hydrogens (tertiary/aromatic N) is 3. The van der Waals surface area contributed by atoms with Gasteiger partial charge in [-0.3, -0.25) is 4.79 Å². The lowest BCUT2D eigenvalue weighted by Gasteiger charge is -2.25. The summed E-state index contributed by atoms with van der Waals surface area (Å²) in [6.07, 6.45) is 1.21. The van der Waals surface area contributed by atoms with E-state index in [4.69, 9.17) is 11.6 Å². The first-order chi connectivity index (χ1) is 11.4. The fraction of sp³-hybridized carbons (Fsp3) is 0.357. The van der Waals surface area contributed by atoms with Gasteiger partial charge in [-0.25, -0.2) is 18.7 Å². The molecule has 0 radical (unpaired) electrons. The summed E-state index contributed by atoms with van der Waals surface area (Å²) in [5.41, 5.74) is -0.424. The number of anilines is 1. The number of hydrogen-bond donors (Lipinski definition) is 2. The summed E-state index contributed by atoms with van der Waals surface area (Å²) < 4.78 is 40.8. The molecule has 3 heterocycles. The number of rotatable bonds is 2. The van der Waals surface area contributed by atoms with Crippen molar-refractivity contribution in [3.63, 3.8) is 0 Å². The monoisotopic (exact) mass is 395 g/mol. The van der Waals surface area contributed by atoms with Crippen LogP contribution in [-0.4, -0.2) is 47.1 Å². The Hall–Kier alpha value is -1.84. The number of aromatic nitrogens is 3. The highest BCUT2D eigenvalue weighted by Gasteiger charge is 2.35. The maximum absolute atomic E-state index is 13.8. The van der Waals surface area contributed by atoms with Crippen molar-refractivity contribution in [2.75, 3.05) is 31.1 Å². The molecule has 11 heteroatoms. The Morgan fingerprint density at radius 3 is 2.84 bits per heavy atom. The van der Waals surface area contributed by atoms with E-state index in [1.165, 1.54) is 17.2 Å². The molecular weight excluding hydrogens is 382 g/mol. The number of hydrogen-bond acceptors (Lipinski definition) is 5. The lowest BCUT2D eigenvalue weighted by Crippen LogP contribution is -2.39. The minimum absolute atomic E-state index is 0. The van der Waals surface area contributed by atoms with Crippen LogP contribution in [0.2, 0.25) is 5.02 Å². The minimum atomic E-state index is -2.99. The van der Waals surface area contributed by atoms with Gasteiger partial charge in [0.1, 0.15) is 10.8 Å². The Morgan fingerprint density at radius 1 is 1.36 bits per heavy atom. The SMILES string of the molecule is Cl.O=c1[nH]c(-c2ccnc(F)c2)nc(N2CCNCC(F)(F)C2)c1Cl. The highest BCUT2D eigenvalue weighted by atomic mass is 35.5. The molecule has 2 N–H and O–H groups in total. The van der Waals surface area contributed by atoms with Crippen molar-refractivity contribution in [1.29, 1.82) is 0 Å². The third kappa shape index (κ3) is 4.42. The normalized spacial score (nSPS) is 16.9. The van der Waals surface area contributed by atoms with Gasteiger partial charge in [0.15, 0.2) is 5.82 Å². The molecule has 6 nitrogen and oxygen atoms in total. The smallest absolute Gasteiger partial charge is 0.277 e. The minimum Gasteiger partial charge on any atom is -0.348 e. The average molecular weight is 396 g/mol.